The Morgan fingerprint density at radius 1 is 1.00 bits per heavy atom. The van der Waals surface area contributed by atoms with Crippen LogP contribution in [0.25, 0.3) is 0 Å². The molecule has 0 aliphatic heterocycles. The Balaban J connectivity index is -0.000000240. The van der Waals surface area contributed by atoms with Crippen molar-refractivity contribution in [2.45, 2.75) is 18.4 Å². The van der Waals surface area contributed by atoms with E-state index >= 15 is 0 Å². The van der Waals surface area contributed by atoms with E-state index in [-0.39, 0.29) is 47.5 Å². The summed E-state index contributed by atoms with van der Waals surface area (Å²) in [4.78, 5) is 30.0. The van der Waals surface area contributed by atoms with E-state index in [4.69, 9.17) is 5.11 Å². The Morgan fingerprint density at radius 3 is 1.40 bits per heavy atom. The van der Waals surface area contributed by atoms with E-state index in [1.807, 2.05) is 0 Å². The quantitative estimate of drug-likeness (QED) is 0.470. The minimum Gasteiger partial charge on any atom is -1.00 e. The monoisotopic (exact) mass is 238 g/mol. The van der Waals surface area contributed by atoms with Crippen LogP contribution in [0.1, 0.15) is 14.3 Å². The third kappa shape index (κ3) is 7.79. The molecule has 0 aromatic heterocycles. The second-order valence-corrected chi connectivity index (χ2v) is 2.42. The normalized spacial score (nSPS) is 9.40. The molecule has 0 aromatic rings. The minimum atomic E-state index is -2.97. The maximum absolute atomic E-state index is 10.1. The van der Waals surface area contributed by atoms with Crippen molar-refractivity contribution < 1.29 is 36.2 Å². The summed E-state index contributed by atoms with van der Waals surface area (Å²) >= 11 is 0. The Kier molecular flexibility index (Phi) is 11.0. The van der Waals surface area contributed by atoms with Crippen LogP contribution in [0.5, 0.6) is 0 Å². The van der Waals surface area contributed by atoms with Crippen LogP contribution in [0.2, 0.25) is 0 Å². The predicted molar refractivity (Wildman–Crippen MR) is 41.8 cm³/mol. The predicted octanol–water partition coefficient (Wildman–Crippen LogP) is -5.90. The first-order valence-electron chi connectivity index (χ1n) is 3.11. The van der Waals surface area contributed by atoms with Crippen LogP contribution in [0.4, 0.5) is 0 Å². The molecule has 0 fully saturated rings. The zero-order valence-corrected chi connectivity index (χ0v) is 10.6. The van der Waals surface area contributed by atoms with Gasteiger partial charge >= 0.3 is 46.1 Å². The van der Waals surface area contributed by atoms with Gasteiger partial charge in [-0.1, -0.05) is 0 Å². The zero-order chi connectivity index (χ0) is 10.6. The summed E-state index contributed by atoms with van der Waals surface area (Å²) in [5, 5.41) is 38.9. The van der Waals surface area contributed by atoms with Crippen molar-refractivity contribution in [1.29, 1.82) is 0 Å². The first-order chi connectivity index (χ1) is 5.78. The molecular weight excluding hydrogens is 233 g/mol. The van der Waals surface area contributed by atoms with Crippen LogP contribution in [0.3, 0.4) is 0 Å². The Bertz CT molecular complexity index is 241. The molecule has 0 unspecified atom stereocenters. The van der Waals surface area contributed by atoms with Crippen molar-refractivity contribution in [3.63, 3.8) is 0 Å². The van der Waals surface area contributed by atoms with Crippen LogP contribution in [-0.4, -0.2) is 74.7 Å². The van der Waals surface area contributed by atoms with Crippen molar-refractivity contribution in [3.8, 4) is 0 Å². The van der Waals surface area contributed by atoms with Gasteiger partial charge in [0.05, 0.1) is 5.97 Å². The number of rotatable bonds is 5. The Hall–Kier alpha value is -0.0975. The smallest absolute Gasteiger partial charge is 1.00 e. The fourth-order valence-corrected chi connectivity index (χ4v) is 0.684. The van der Waals surface area contributed by atoms with Crippen molar-refractivity contribution in [2.75, 3.05) is 0 Å². The van der Waals surface area contributed by atoms with Crippen molar-refractivity contribution in [1.82, 2.24) is 0 Å². The van der Waals surface area contributed by atoms with Gasteiger partial charge in [-0.25, -0.2) is 0 Å². The zero-order valence-electron chi connectivity index (χ0n) is 8.73. The molecule has 0 heterocycles. The summed E-state index contributed by atoms with van der Waals surface area (Å²) in [6.45, 7) is 0. The second-order valence-electron chi connectivity index (χ2n) is 2.42. The SMILES string of the molecule is O=C([O-])CC(O)(CC(=O)[O-])C(=O)[O-].[H-].[Mg+2].[Mg+2]. The van der Waals surface area contributed by atoms with Crippen LogP contribution in [0, 0.1) is 0 Å². The largest absolute Gasteiger partial charge is 2.00 e. The van der Waals surface area contributed by atoms with E-state index in [1.54, 1.807) is 0 Å². The van der Waals surface area contributed by atoms with Gasteiger partial charge in [0.1, 0.15) is 5.60 Å². The number of hydrogen-bond donors (Lipinski definition) is 1. The van der Waals surface area contributed by atoms with E-state index in [0.717, 1.165) is 0 Å². The molecule has 0 aromatic carbocycles. The molecule has 9 heteroatoms. The number of aliphatic hydroxyl groups is 1. The fourth-order valence-electron chi connectivity index (χ4n) is 0.684. The van der Waals surface area contributed by atoms with Gasteiger partial charge in [-0.15, -0.1) is 0 Å². The number of carbonyl (C=O) groups excluding carboxylic acids is 3. The summed E-state index contributed by atoms with van der Waals surface area (Å²) in [7, 11) is 0. The maximum atomic E-state index is 10.1. The van der Waals surface area contributed by atoms with Gasteiger partial charge in [-0.05, 0) is 0 Å². The molecule has 0 spiro atoms. The Morgan fingerprint density at radius 2 is 1.27 bits per heavy atom. The molecule has 0 aliphatic carbocycles. The average Bonchev–Trinajstić information content (AvgIpc) is 1.82. The van der Waals surface area contributed by atoms with E-state index in [9.17, 15) is 29.7 Å². The molecule has 0 saturated carbocycles. The molecule has 76 valence electrons. The van der Waals surface area contributed by atoms with Gasteiger partial charge in [0, 0.05) is 24.8 Å². The summed E-state index contributed by atoms with van der Waals surface area (Å²) < 4.78 is 0. The standard InChI is InChI=1S/C6H8O7.2Mg.H/c7-3(8)1-6(13,5(11)12)2-4(9)10;;;/h13H,1-2H2,(H,7,8)(H,9,10)(H,11,12);;;/q;2*+2;-1/p-3. The van der Waals surface area contributed by atoms with E-state index in [1.165, 1.54) is 0 Å². The third-order valence-electron chi connectivity index (χ3n) is 1.25. The van der Waals surface area contributed by atoms with Gasteiger partial charge in [-0.3, -0.25) is 0 Å². The molecule has 0 aliphatic rings. The molecule has 0 atom stereocenters. The number of carboxylic acid groups (broad SMARTS) is 3. The fraction of sp³-hybridized carbons (Fsp3) is 0.500. The molecule has 1 N–H and O–H groups in total. The van der Waals surface area contributed by atoms with Gasteiger partial charge in [0.15, 0.2) is 0 Å². The van der Waals surface area contributed by atoms with Gasteiger partial charge in [-0.2, -0.15) is 0 Å². The average molecular weight is 239 g/mol. The number of aliphatic carboxylic acids is 3. The van der Waals surface area contributed by atoms with Gasteiger partial charge in [0.25, 0.3) is 0 Å². The summed E-state index contributed by atoms with van der Waals surface area (Å²) in [6, 6.07) is 0. The maximum Gasteiger partial charge on any atom is 2.00 e. The third-order valence-corrected chi connectivity index (χ3v) is 1.25. The molecule has 15 heavy (non-hydrogen) atoms. The topological polar surface area (TPSA) is 141 Å². The molecular formula is C6H6Mg2O7. The molecule has 0 saturated heterocycles. The van der Waals surface area contributed by atoms with Crippen molar-refractivity contribution in [2.24, 2.45) is 0 Å². The molecule has 0 rings (SSSR count). The van der Waals surface area contributed by atoms with Crippen LogP contribution >= 0.6 is 0 Å². The first kappa shape index (κ1) is 20.3. The summed E-state index contributed by atoms with van der Waals surface area (Å²) in [5.74, 6) is -5.98. The number of carbonyl (C=O) groups is 3. The molecule has 0 bridgehead atoms. The van der Waals surface area contributed by atoms with Gasteiger partial charge < -0.3 is 36.2 Å². The van der Waals surface area contributed by atoms with E-state index < -0.39 is 36.4 Å². The van der Waals surface area contributed by atoms with E-state index in [2.05, 4.69) is 0 Å². The van der Waals surface area contributed by atoms with Crippen molar-refractivity contribution >= 4 is 64.0 Å². The summed E-state index contributed by atoms with van der Waals surface area (Å²) in [6.07, 6.45) is -2.72. The molecule has 0 amide bonds. The first-order valence-corrected chi connectivity index (χ1v) is 3.11. The van der Waals surface area contributed by atoms with Gasteiger partial charge in [0.2, 0.25) is 0 Å². The molecule has 0 radical (unpaired) electrons. The van der Waals surface area contributed by atoms with Crippen LogP contribution in [-0.2, 0) is 14.4 Å². The summed E-state index contributed by atoms with van der Waals surface area (Å²) in [5.41, 5.74) is -2.97. The van der Waals surface area contributed by atoms with Crippen LogP contribution in [0.15, 0.2) is 0 Å². The number of hydrogen-bond acceptors (Lipinski definition) is 7. The number of carboxylic acids is 3. The van der Waals surface area contributed by atoms with Crippen LogP contribution < -0.4 is 15.3 Å². The minimum absolute atomic E-state index is 0. The Labute approximate surface area is 118 Å². The molecule has 7 nitrogen and oxygen atoms in total. The van der Waals surface area contributed by atoms with Crippen molar-refractivity contribution in [3.05, 3.63) is 0 Å². The van der Waals surface area contributed by atoms with E-state index in [0.29, 0.717) is 0 Å². The second kappa shape index (κ2) is 8.10.